The van der Waals surface area contributed by atoms with Crippen molar-refractivity contribution in [3.63, 3.8) is 0 Å². The highest BCUT2D eigenvalue weighted by Gasteiger charge is 2.15. The van der Waals surface area contributed by atoms with Crippen molar-refractivity contribution in [1.82, 2.24) is 14.6 Å². The summed E-state index contributed by atoms with van der Waals surface area (Å²) in [6.45, 7) is 0. The molecule has 2 heterocycles. The van der Waals surface area contributed by atoms with Crippen molar-refractivity contribution in [1.29, 1.82) is 0 Å². The number of nitrogens with zero attached hydrogens (tertiary/aromatic N) is 3. The van der Waals surface area contributed by atoms with Gasteiger partial charge < -0.3 is 14.2 Å². The van der Waals surface area contributed by atoms with Crippen LogP contribution in [0.4, 0.5) is 5.95 Å². The average Bonchev–Trinajstić information content (AvgIpc) is 3.37. The standard InChI is InChI=1S/C22H20N4O4S/c1-28-15-10-8-14(19(12-15)30-3)9-11-20(27)23-21-24-22-26(25-21)17(13-31-22)16-6-4-5-7-18(16)29-2/h4-13H,1-3H3,(H,23,25,27)/b11-9+. The van der Waals surface area contributed by atoms with Gasteiger partial charge in [0.25, 0.3) is 11.9 Å². The van der Waals surface area contributed by atoms with E-state index in [9.17, 15) is 4.79 Å². The lowest BCUT2D eigenvalue weighted by molar-refractivity contribution is -0.111. The average molecular weight is 436 g/mol. The van der Waals surface area contributed by atoms with E-state index in [0.29, 0.717) is 16.5 Å². The summed E-state index contributed by atoms with van der Waals surface area (Å²) in [5, 5.41) is 9.08. The lowest BCUT2D eigenvalue weighted by atomic mass is 10.1. The van der Waals surface area contributed by atoms with Crippen molar-refractivity contribution in [3.05, 3.63) is 59.5 Å². The van der Waals surface area contributed by atoms with Crippen LogP contribution in [0.3, 0.4) is 0 Å². The smallest absolute Gasteiger partial charge is 0.250 e. The van der Waals surface area contributed by atoms with Crippen LogP contribution in [0.2, 0.25) is 0 Å². The van der Waals surface area contributed by atoms with Crippen LogP contribution in [0.1, 0.15) is 5.56 Å². The topological polar surface area (TPSA) is 87.0 Å². The zero-order valence-corrected chi connectivity index (χ0v) is 18.0. The fourth-order valence-electron chi connectivity index (χ4n) is 3.05. The Kier molecular flexibility index (Phi) is 5.85. The Morgan fingerprint density at radius 3 is 2.65 bits per heavy atom. The first kappa shape index (κ1) is 20.4. The van der Waals surface area contributed by atoms with E-state index in [1.807, 2.05) is 35.7 Å². The summed E-state index contributed by atoms with van der Waals surface area (Å²) >= 11 is 1.43. The van der Waals surface area contributed by atoms with Gasteiger partial charge in [0, 0.05) is 28.6 Å². The van der Waals surface area contributed by atoms with Gasteiger partial charge in [-0.2, -0.15) is 4.98 Å². The predicted octanol–water partition coefficient (Wildman–Crippen LogP) is 4.14. The van der Waals surface area contributed by atoms with Gasteiger partial charge in [0.1, 0.15) is 17.2 Å². The number of fused-ring (bicyclic) bond motifs is 1. The maximum Gasteiger partial charge on any atom is 0.250 e. The summed E-state index contributed by atoms with van der Waals surface area (Å²) in [7, 11) is 4.77. The van der Waals surface area contributed by atoms with E-state index in [4.69, 9.17) is 14.2 Å². The molecule has 4 aromatic rings. The van der Waals surface area contributed by atoms with E-state index in [0.717, 1.165) is 22.6 Å². The molecule has 0 radical (unpaired) electrons. The molecule has 0 aliphatic heterocycles. The van der Waals surface area contributed by atoms with Gasteiger partial charge in [0.05, 0.1) is 27.0 Å². The Morgan fingerprint density at radius 2 is 1.87 bits per heavy atom. The SMILES string of the molecule is COc1ccc(/C=C/C(=O)Nc2nc3scc(-c4ccccc4OC)n3n2)c(OC)c1. The van der Waals surface area contributed by atoms with E-state index >= 15 is 0 Å². The number of hydrogen-bond acceptors (Lipinski definition) is 7. The minimum absolute atomic E-state index is 0.222. The summed E-state index contributed by atoms with van der Waals surface area (Å²) in [6.07, 6.45) is 3.06. The Bertz CT molecular complexity index is 1260. The molecule has 0 bridgehead atoms. The van der Waals surface area contributed by atoms with E-state index in [1.165, 1.54) is 17.4 Å². The highest BCUT2D eigenvalue weighted by Crippen LogP contribution is 2.32. The van der Waals surface area contributed by atoms with Crippen LogP contribution < -0.4 is 19.5 Å². The second-order valence-electron chi connectivity index (χ2n) is 6.38. The van der Waals surface area contributed by atoms with Crippen LogP contribution in [-0.4, -0.2) is 41.8 Å². The molecule has 9 heteroatoms. The fourth-order valence-corrected chi connectivity index (χ4v) is 3.87. The summed E-state index contributed by atoms with van der Waals surface area (Å²) in [4.78, 5) is 17.4. The van der Waals surface area contributed by atoms with Gasteiger partial charge in [-0.3, -0.25) is 10.1 Å². The van der Waals surface area contributed by atoms with Crippen molar-refractivity contribution >= 4 is 34.2 Å². The van der Waals surface area contributed by atoms with E-state index in [2.05, 4.69) is 15.4 Å². The van der Waals surface area contributed by atoms with Gasteiger partial charge in [-0.1, -0.05) is 12.1 Å². The van der Waals surface area contributed by atoms with Gasteiger partial charge in [0.15, 0.2) is 0 Å². The molecule has 158 valence electrons. The molecular formula is C22H20N4O4S. The Morgan fingerprint density at radius 1 is 1.06 bits per heavy atom. The molecule has 0 spiro atoms. The van der Waals surface area contributed by atoms with Crippen LogP contribution in [0, 0.1) is 0 Å². The largest absolute Gasteiger partial charge is 0.497 e. The number of methoxy groups -OCH3 is 3. The molecule has 0 saturated heterocycles. The van der Waals surface area contributed by atoms with E-state index in [-0.39, 0.29) is 11.9 Å². The monoisotopic (exact) mass is 436 g/mol. The zero-order valence-electron chi connectivity index (χ0n) is 17.2. The number of anilines is 1. The number of ether oxygens (including phenoxy) is 3. The molecule has 4 rings (SSSR count). The van der Waals surface area contributed by atoms with Crippen LogP contribution >= 0.6 is 11.3 Å². The second-order valence-corrected chi connectivity index (χ2v) is 7.22. The number of aromatic nitrogens is 3. The number of amides is 1. The van der Waals surface area contributed by atoms with Crippen molar-refractivity contribution in [2.24, 2.45) is 0 Å². The molecule has 8 nitrogen and oxygen atoms in total. The first-order valence-corrected chi connectivity index (χ1v) is 10.2. The third-order valence-corrected chi connectivity index (χ3v) is 5.37. The van der Waals surface area contributed by atoms with Crippen LogP contribution in [0.25, 0.3) is 22.3 Å². The number of benzene rings is 2. The van der Waals surface area contributed by atoms with E-state index in [1.54, 1.807) is 44.1 Å². The number of thiazole rings is 1. The molecule has 0 fully saturated rings. The molecule has 0 aliphatic carbocycles. The molecule has 31 heavy (non-hydrogen) atoms. The first-order chi connectivity index (χ1) is 15.1. The van der Waals surface area contributed by atoms with Crippen molar-refractivity contribution < 1.29 is 19.0 Å². The van der Waals surface area contributed by atoms with Crippen LogP contribution in [0.15, 0.2) is 53.9 Å². The van der Waals surface area contributed by atoms with Gasteiger partial charge >= 0.3 is 0 Å². The Hall–Kier alpha value is -3.85. The normalized spacial score (nSPS) is 11.1. The summed E-state index contributed by atoms with van der Waals surface area (Å²) in [6, 6.07) is 13.0. The molecule has 1 N–H and O–H groups in total. The maximum absolute atomic E-state index is 12.4. The van der Waals surface area contributed by atoms with Crippen molar-refractivity contribution in [3.8, 4) is 28.5 Å². The first-order valence-electron chi connectivity index (χ1n) is 9.31. The molecule has 0 aliphatic rings. The van der Waals surface area contributed by atoms with E-state index < -0.39 is 0 Å². The quantitative estimate of drug-likeness (QED) is 0.438. The van der Waals surface area contributed by atoms with Gasteiger partial charge in [-0.05, 0) is 30.3 Å². The van der Waals surface area contributed by atoms with Crippen molar-refractivity contribution in [2.45, 2.75) is 0 Å². The number of para-hydroxylation sites is 1. The van der Waals surface area contributed by atoms with Gasteiger partial charge in [0.2, 0.25) is 4.96 Å². The Labute approximate surface area is 182 Å². The number of rotatable bonds is 7. The second kappa shape index (κ2) is 8.88. The summed E-state index contributed by atoms with van der Waals surface area (Å²) in [5.41, 5.74) is 2.48. The molecule has 0 atom stereocenters. The van der Waals surface area contributed by atoms with Gasteiger partial charge in [-0.25, -0.2) is 4.52 Å². The number of nitrogens with one attached hydrogen (secondary N) is 1. The highest BCUT2D eigenvalue weighted by atomic mass is 32.1. The molecular weight excluding hydrogens is 416 g/mol. The number of hydrogen-bond donors (Lipinski definition) is 1. The molecule has 2 aromatic carbocycles. The summed E-state index contributed by atoms with van der Waals surface area (Å²) in [5.74, 6) is 1.88. The summed E-state index contributed by atoms with van der Waals surface area (Å²) < 4.78 is 17.7. The molecule has 1 amide bonds. The molecule has 2 aromatic heterocycles. The Balaban J connectivity index is 1.54. The fraction of sp³-hybridized carbons (Fsp3) is 0.136. The molecule has 0 saturated carbocycles. The zero-order chi connectivity index (χ0) is 21.8. The van der Waals surface area contributed by atoms with Crippen LogP contribution in [0.5, 0.6) is 17.2 Å². The van der Waals surface area contributed by atoms with Crippen LogP contribution in [-0.2, 0) is 4.79 Å². The lowest BCUT2D eigenvalue weighted by Crippen LogP contribution is -2.09. The third kappa shape index (κ3) is 4.22. The third-order valence-electron chi connectivity index (χ3n) is 4.55. The number of carbonyl (C=O) groups is 1. The number of carbonyl (C=O) groups excluding carboxylic acids is 1. The highest BCUT2D eigenvalue weighted by molar-refractivity contribution is 7.15. The minimum Gasteiger partial charge on any atom is -0.497 e. The van der Waals surface area contributed by atoms with Gasteiger partial charge in [-0.15, -0.1) is 16.4 Å². The minimum atomic E-state index is -0.352. The lowest BCUT2D eigenvalue weighted by Gasteiger charge is -2.07. The maximum atomic E-state index is 12.4. The van der Waals surface area contributed by atoms with Crippen molar-refractivity contribution in [2.75, 3.05) is 26.6 Å². The molecule has 0 unspecified atom stereocenters. The predicted molar refractivity (Wildman–Crippen MR) is 120 cm³/mol.